The van der Waals surface area contributed by atoms with Crippen LogP contribution in [0.3, 0.4) is 0 Å². The van der Waals surface area contributed by atoms with E-state index in [0.29, 0.717) is 18.0 Å². The Labute approximate surface area is 205 Å². The molecule has 4 aromatic rings. The van der Waals surface area contributed by atoms with Crippen LogP contribution in [-0.4, -0.2) is 46.9 Å². The van der Waals surface area contributed by atoms with Crippen LogP contribution in [0.1, 0.15) is 56.2 Å². The highest BCUT2D eigenvalue weighted by Gasteiger charge is 2.21. The monoisotopic (exact) mass is 467 g/mol. The van der Waals surface area contributed by atoms with Crippen LogP contribution in [-0.2, 0) is 17.8 Å². The van der Waals surface area contributed by atoms with Gasteiger partial charge in [-0.1, -0.05) is 30.3 Å². The van der Waals surface area contributed by atoms with Crippen molar-refractivity contribution in [2.24, 2.45) is 0 Å². The minimum Gasteiger partial charge on any atom is -0.465 e. The number of piperidine rings is 1. The summed E-state index contributed by atoms with van der Waals surface area (Å²) in [5.74, 6) is 0.189. The molecule has 1 aliphatic heterocycles. The predicted octanol–water partition coefficient (Wildman–Crippen LogP) is 5.06. The first-order valence-electron chi connectivity index (χ1n) is 12.0. The number of hydrogen-bond donors (Lipinski definition) is 0. The van der Waals surface area contributed by atoms with Crippen LogP contribution in [0.25, 0.3) is 11.0 Å². The molecule has 0 aliphatic carbocycles. The van der Waals surface area contributed by atoms with Crippen molar-refractivity contribution in [1.82, 2.24) is 14.5 Å². The molecule has 3 heterocycles. The van der Waals surface area contributed by atoms with Crippen LogP contribution in [0, 0.1) is 0 Å². The van der Waals surface area contributed by atoms with Crippen LogP contribution in [0.15, 0.2) is 73.1 Å². The second-order valence-corrected chi connectivity index (χ2v) is 9.23. The number of likely N-dealkylation sites (tertiary alicyclic amines) is 1. The molecule has 0 atom stereocenters. The molecule has 1 aliphatic rings. The molecular weight excluding hydrogens is 438 g/mol. The number of esters is 1. The standard InChI is InChI=1S/C29H29N3O3/c1-35-29(34)25-7-5-21(6-8-25)19-32-14-11-26-16-27(17-30-28(26)32)24-9-12-31(13-10-24)18-22-3-2-4-23(15-22)20-33/h2-8,11,14-17,20,24H,9-10,12-13,18-19H2,1H3. The summed E-state index contributed by atoms with van der Waals surface area (Å²) in [5.41, 5.74) is 5.86. The molecule has 35 heavy (non-hydrogen) atoms. The lowest BCUT2D eigenvalue weighted by Gasteiger charge is -2.32. The normalized spacial score (nSPS) is 14.8. The highest BCUT2D eigenvalue weighted by molar-refractivity contribution is 5.89. The maximum atomic E-state index is 11.7. The fourth-order valence-electron chi connectivity index (χ4n) is 4.95. The van der Waals surface area contributed by atoms with Crippen LogP contribution >= 0.6 is 0 Å². The van der Waals surface area contributed by atoms with Gasteiger partial charge in [0.1, 0.15) is 11.9 Å². The van der Waals surface area contributed by atoms with E-state index < -0.39 is 0 Å². The number of aldehydes is 1. The number of carbonyl (C=O) groups is 2. The van der Waals surface area contributed by atoms with Crippen molar-refractivity contribution in [2.75, 3.05) is 20.2 Å². The minimum atomic E-state index is -0.324. The second kappa shape index (κ2) is 10.2. The van der Waals surface area contributed by atoms with E-state index in [2.05, 4.69) is 33.9 Å². The molecule has 5 rings (SSSR count). The first kappa shape index (κ1) is 23.0. The Bertz CT molecular complexity index is 1340. The summed E-state index contributed by atoms with van der Waals surface area (Å²) in [4.78, 5) is 30.0. The number of carbonyl (C=O) groups excluding carboxylic acids is 2. The number of nitrogens with zero attached hydrogens (tertiary/aromatic N) is 3. The number of methoxy groups -OCH3 is 1. The third kappa shape index (κ3) is 5.17. The van der Waals surface area contributed by atoms with Gasteiger partial charge in [-0.15, -0.1) is 0 Å². The molecule has 0 spiro atoms. The van der Waals surface area contributed by atoms with Crippen LogP contribution in [0.5, 0.6) is 0 Å². The van der Waals surface area contributed by atoms with Gasteiger partial charge >= 0.3 is 5.97 Å². The van der Waals surface area contributed by atoms with Crippen molar-refractivity contribution >= 4 is 23.3 Å². The Morgan fingerprint density at radius 3 is 2.57 bits per heavy atom. The van der Waals surface area contributed by atoms with E-state index in [-0.39, 0.29) is 5.97 Å². The number of aromatic nitrogens is 2. The van der Waals surface area contributed by atoms with Gasteiger partial charge in [0.05, 0.1) is 12.7 Å². The van der Waals surface area contributed by atoms with Gasteiger partial charge in [-0.05, 0) is 78.9 Å². The van der Waals surface area contributed by atoms with E-state index in [4.69, 9.17) is 9.72 Å². The number of rotatable bonds is 7. The lowest BCUT2D eigenvalue weighted by Crippen LogP contribution is -2.32. The number of pyridine rings is 1. The van der Waals surface area contributed by atoms with E-state index in [1.165, 1.54) is 18.2 Å². The maximum absolute atomic E-state index is 11.7. The molecule has 178 valence electrons. The molecule has 0 amide bonds. The molecule has 0 saturated carbocycles. The summed E-state index contributed by atoms with van der Waals surface area (Å²) in [6.07, 6.45) is 7.23. The van der Waals surface area contributed by atoms with Crippen LogP contribution < -0.4 is 0 Å². The Balaban J connectivity index is 1.22. The molecule has 0 N–H and O–H groups in total. The van der Waals surface area contributed by atoms with E-state index >= 15 is 0 Å². The SMILES string of the molecule is COC(=O)c1ccc(Cn2ccc3cc(C4CCN(Cc5cccc(C=O)c5)CC4)cnc32)cc1. The summed E-state index contributed by atoms with van der Waals surface area (Å²) in [7, 11) is 1.39. The van der Waals surface area contributed by atoms with Gasteiger partial charge in [0, 0.05) is 36.4 Å². The molecule has 0 radical (unpaired) electrons. The molecule has 2 aromatic carbocycles. The number of fused-ring (bicyclic) bond motifs is 1. The van der Waals surface area contributed by atoms with Gasteiger partial charge in [-0.2, -0.15) is 0 Å². The van der Waals surface area contributed by atoms with Crippen molar-refractivity contribution < 1.29 is 14.3 Å². The summed E-state index contributed by atoms with van der Waals surface area (Å²) >= 11 is 0. The third-order valence-electron chi connectivity index (χ3n) is 6.90. The first-order valence-corrected chi connectivity index (χ1v) is 12.0. The summed E-state index contributed by atoms with van der Waals surface area (Å²) in [6, 6.07) is 19.8. The van der Waals surface area contributed by atoms with E-state index in [1.807, 2.05) is 36.5 Å². The van der Waals surface area contributed by atoms with Crippen molar-refractivity contribution in [3.05, 3.63) is 101 Å². The average Bonchev–Trinajstić information content (AvgIpc) is 3.31. The molecule has 1 fully saturated rings. The molecule has 0 unspecified atom stereocenters. The topological polar surface area (TPSA) is 64.4 Å². The fraction of sp³-hybridized carbons (Fsp3) is 0.276. The van der Waals surface area contributed by atoms with Gasteiger partial charge in [0.25, 0.3) is 0 Å². The Kier molecular flexibility index (Phi) is 6.73. The third-order valence-corrected chi connectivity index (χ3v) is 6.90. The van der Waals surface area contributed by atoms with Gasteiger partial charge in [0.2, 0.25) is 0 Å². The highest BCUT2D eigenvalue weighted by atomic mass is 16.5. The highest BCUT2D eigenvalue weighted by Crippen LogP contribution is 2.30. The number of benzene rings is 2. The zero-order chi connectivity index (χ0) is 24.2. The second-order valence-electron chi connectivity index (χ2n) is 9.23. The Morgan fingerprint density at radius 2 is 1.83 bits per heavy atom. The Hall–Kier alpha value is -3.77. The van der Waals surface area contributed by atoms with Crippen molar-refractivity contribution in [1.29, 1.82) is 0 Å². The lowest BCUT2D eigenvalue weighted by atomic mass is 9.90. The van der Waals surface area contributed by atoms with E-state index in [0.717, 1.165) is 60.9 Å². The molecule has 6 heteroatoms. The zero-order valence-electron chi connectivity index (χ0n) is 19.9. The summed E-state index contributed by atoms with van der Waals surface area (Å²) in [5, 5.41) is 1.15. The van der Waals surface area contributed by atoms with Gasteiger partial charge in [-0.3, -0.25) is 9.69 Å². The van der Waals surface area contributed by atoms with Gasteiger partial charge in [0.15, 0.2) is 0 Å². The summed E-state index contributed by atoms with van der Waals surface area (Å²) < 4.78 is 6.91. The van der Waals surface area contributed by atoms with Crippen molar-refractivity contribution in [2.45, 2.75) is 31.8 Å². The fourth-order valence-corrected chi connectivity index (χ4v) is 4.95. The maximum Gasteiger partial charge on any atom is 0.337 e. The number of hydrogen-bond acceptors (Lipinski definition) is 5. The quantitative estimate of drug-likeness (QED) is 0.281. The van der Waals surface area contributed by atoms with E-state index in [1.54, 1.807) is 12.1 Å². The van der Waals surface area contributed by atoms with Crippen LogP contribution in [0.4, 0.5) is 0 Å². The molecule has 6 nitrogen and oxygen atoms in total. The largest absolute Gasteiger partial charge is 0.465 e. The zero-order valence-corrected chi connectivity index (χ0v) is 19.9. The molecule has 1 saturated heterocycles. The number of ether oxygens (including phenoxy) is 1. The van der Waals surface area contributed by atoms with Gasteiger partial charge < -0.3 is 9.30 Å². The average molecular weight is 468 g/mol. The Morgan fingerprint density at radius 1 is 1.03 bits per heavy atom. The van der Waals surface area contributed by atoms with Gasteiger partial charge in [-0.25, -0.2) is 9.78 Å². The first-order chi connectivity index (χ1) is 17.1. The molecule has 2 aromatic heterocycles. The van der Waals surface area contributed by atoms with Crippen LogP contribution in [0.2, 0.25) is 0 Å². The molecule has 0 bridgehead atoms. The van der Waals surface area contributed by atoms with Crippen molar-refractivity contribution in [3.8, 4) is 0 Å². The smallest absolute Gasteiger partial charge is 0.337 e. The molecular formula is C29H29N3O3. The predicted molar refractivity (Wildman–Crippen MR) is 136 cm³/mol. The summed E-state index contributed by atoms with van der Waals surface area (Å²) in [6.45, 7) is 3.66. The lowest BCUT2D eigenvalue weighted by molar-refractivity contribution is 0.0600. The van der Waals surface area contributed by atoms with E-state index in [9.17, 15) is 9.59 Å². The van der Waals surface area contributed by atoms with Crippen molar-refractivity contribution in [3.63, 3.8) is 0 Å². The minimum absolute atomic E-state index is 0.324.